The van der Waals surface area contributed by atoms with E-state index in [1.807, 2.05) is 19.1 Å². The zero-order valence-electron chi connectivity index (χ0n) is 14.4. The van der Waals surface area contributed by atoms with Gasteiger partial charge < -0.3 is 15.2 Å². The van der Waals surface area contributed by atoms with Crippen LogP contribution in [0.1, 0.15) is 22.8 Å². The Morgan fingerprint density at radius 3 is 2.54 bits per heavy atom. The van der Waals surface area contributed by atoms with Gasteiger partial charge in [0.2, 0.25) is 5.91 Å². The van der Waals surface area contributed by atoms with Crippen molar-refractivity contribution in [1.29, 1.82) is 0 Å². The molecule has 7 nitrogen and oxygen atoms in total. The first-order valence-electron chi connectivity index (χ1n) is 8.06. The number of nitrogens with one attached hydrogen (secondary N) is 1. The molecule has 0 radical (unpaired) electrons. The lowest BCUT2D eigenvalue weighted by molar-refractivity contribution is -0.125. The third-order valence-electron chi connectivity index (χ3n) is 4.17. The highest BCUT2D eigenvalue weighted by molar-refractivity contribution is 6.07. The first-order chi connectivity index (χ1) is 12.4. The molecule has 1 atom stereocenters. The molecule has 2 N–H and O–H groups in total. The number of amides is 2. The molecule has 0 aromatic heterocycles. The van der Waals surface area contributed by atoms with Gasteiger partial charge in [-0.3, -0.25) is 14.5 Å². The van der Waals surface area contributed by atoms with Crippen LogP contribution >= 0.6 is 0 Å². The molecule has 2 aromatic carbocycles. The van der Waals surface area contributed by atoms with Gasteiger partial charge in [0.1, 0.15) is 11.8 Å². The Bertz CT molecular complexity index is 876. The molecule has 134 valence electrons. The summed E-state index contributed by atoms with van der Waals surface area (Å²) in [6, 6.07) is 10.7. The molecule has 0 saturated carbocycles. The van der Waals surface area contributed by atoms with E-state index >= 15 is 0 Å². The highest BCUT2D eigenvalue weighted by Crippen LogP contribution is 2.34. The molecular formula is C19H18N2O5. The molecule has 0 aliphatic carbocycles. The van der Waals surface area contributed by atoms with E-state index < -0.39 is 17.9 Å². The minimum absolute atomic E-state index is 0.0122. The molecule has 7 heteroatoms. The second kappa shape index (κ2) is 6.87. The van der Waals surface area contributed by atoms with Gasteiger partial charge in [-0.2, -0.15) is 0 Å². The van der Waals surface area contributed by atoms with Gasteiger partial charge in [-0.05, 0) is 44.2 Å². The molecular weight excluding hydrogens is 336 g/mol. The second-order valence-electron chi connectivity index (χ2n) is 6.07. The van der Waals surface area contributed by atoms with E-state index in [1.165, 1.54) is 23.1 Å². The maximum atomic E-state index is 12.6. The van der Waals surface area contributed by atoms with Crippen LogP contribution in [0.25, 0.3) is 0 Å². The van der Waals surface area contributed by atoms with E-state index in [1.54, 1.807) is 19.1 Å². The first-order valence-corrected chi connectivity index (χ1v) is 8.06. The van der Waals surface area contributed by atoms with E-state index in [0.717, 1.165) is 5.56 Å². The Balaban J connectivity index is 1.88. The highest BCUT2D eigenvalue weighted by Gasteiger charge is 2.33. The molecule has 1 heterocycles. The Kier molecular flexibility index (Phi) is 4.62. The number of anilines is 2. The smallest absolute Gasteiger partial charge is 0.335 e. The number of hydrogen-bond donors (Lipinski definition) is 2. The zero-order chi connectivity index (χ0) is 18.8. The summed E-state index contributed by atoms with van der Waals surface area (Å²) in [7, 11) is 0. The normalized spacial score (nSPS) is 14.2. The summed E-state index contributed by atoms with van der Waals surface area (Å²) >= 11 is 0. The molecule has 0 fully saturated rings. The van der Waals surface area contributed by atoms with E-state index in [9.17, 15) is 19.5 Å². The molecule has 3 rings (SSSR count). The Morgan fingerprint density at radius 2 is 1.88 bits per heavy atom. The summed E-state index contributed by atoms with van der Waals surface area (Å²) in [4.78, 5) is 37.5. The number of aryl methyl sites for hydroxylation is 1. The van der Waals surface area contributed by atoms with E-state index in [4.69, 9.17) is 4.74 Å². The predicted molar refractivity (Wildman–Crippen MR) is 95.7 cm³/mol. The maximum Gasteiger partial charge on any atom is 0.335 e. The van der Waals surface area contributed by atoms with Gasteiger partial charge in [-0.25, -0.2) is 4.79 Å². The summed E-state index contributed by atoms with van der Waals surface area (Å²) in [5, 5.41) is 11.9. The fraction of sp³-hybridized carbons (Fsp3) is 0.211. The van der Waals surface area contributed by atoms with Gasteiger partial charge in [0.25, 0.3) is 5.91 Å². The van der Waals surface area contributed by atoms with Crippen LogP contribution in [0.15, 0.2) is 42.5 Å². The number of carboxylic acid groups (broad SMARTS) is 1. The number of carbonyl (C=O) groups excluding carboxylic acids is 2. The van der Waals surface area contributed by atoms with Gasteiger partial charge in [0.05, 0.1) is 11.3 Å². The van der Waals surface area contributed by atoms with Crippen molar-refractivity contribution in [3.63, 3.8) is 0 Å². The number of carboxylic acids is 1. The molecule has 26 heavy (non-hydrogen) atoms. The van der Waals surface area contributed by atoms with Crippen molar-refractivity contribution >= 4 is 29.2 Å². The minimum Gasteiger partial charge on any atom is -0.482 e. The summed E-state index contributed by atoms with van der Waals surface area (Å²) < 4.78 is 5.35. The molecule has 1 aliphatic heterocycles. The van der Waals surface area contributed by atoms with Crippen molar-refractivity contribution in [3.05, 3.63) is 53.6 Å². The van der Waals surface area contributed by atoms with Crippen LogP contribution in [0.3, 0.4) is 0 Å². The summed E-state index contributed by atoms with van der Waals surface area (Å²) in [6.45, 7) is 3.32. The third-order valence-corrected chi connectivity index (χ3v) is 4.17. The molecule has 0 spiro atoms. The average Bonchev–Trinajstić information content (AvgIpc) is 2.62. The molecule has 2 aromatic rings. The lowest BCUT2D eigenvalue weighted by atomic mass is 10.1. The largest absolute Gasteiger partial charge is 0.482 e. The van der Waals surface area contributed by atoms with Crippen molar-refractivity contribution < 1.29 is 24.2 Å². The quantitative estimate of drug-likeness (QED) is 0.879. The van der Waals surface area contributed by atoms with Crippen LogP contribution < -0.4 is 15.0 Å². The molecule has 0 saturated heterocycles. The molecule has 1 unspecified atom stereocenters. The maximum absolute atomic E-state index is 12.6. The fourth-order valence-electron chi connectivity index (χ4n) is 2.73. The van der Waals surface area contributed by atoms with E-state index in [2.05, 4.69) is 5.32 Å². The topological polar surface area (TPSA) is 95.9 Å². The van der Waals surface area contributed by atoms with Crippen LogP contribution in [-0.2, 0) is 9.59 Å². The average molecular weight is 354 g/mol. The van der Waals surface area contributed by atoms with Crippen molar-refractivity contribution in [1.82, 2.24) is 0 Å². The molecule has 2 amide bonds. The first kappa shape index (κ1) is 17.5. The number of nitrogens with zero attached hydrogens (tertiary/aromatic N) is 1. The van der Waals surface area contributed by atoms with Crippen LogP contribution in [0.4, 0.5) is 11.4 Å². The Hall–Kier alpha value is -3.35. The van der Waals surface area contributed by atoms with Gasteiger partial charge in [0, 0.05) is 5.69 Å². The number of carbonyl (C=O) groups is 3. The van der Waals surface area contributed by atoms with Crippen LogP contribution in [0.5, 0.6) is 5.75 Å². The summed E-state index contributed by atoms with van der Waals surface area (Å²) in [5.74, 6) is -1.55. The van der Waals surface area contributed by atoms with Crippen molar-refractivity contribution in [2.24, 2.45) is 0 Å². The number of hydrogen-bond acceptors (Lipinski definition) is 4. The Morgan fingerprint density at radius 1 is 1.19 bits per heavy atom. The highest BCUT2D eigenvalue weighted by atomic mass is 16.5. The third kappa shape index (κ3) is 3.37. The van der Waals surface area contributed by atoms with Crippen LogP contribution in [0.2, 0.25) is 0 Å². The second-order valence-corrected chi connectivity index (χ2v) is 6.07. The summed E-state index contributed by atoms with van der Waals surface area (Å²) in [5.41, 5.74) is 1.97. The van der Waals surface area contributed by atoms with Crippen LogP contribution in [-0.4, -0.2) is 35.5 Å². The number of ether oxygens (including phenoxy) is 1. The monoisotopic (exact) mass is 354 g/mol. The lowest BCUT2D eigenvalue weighted by Crippen LogP contribution is -2.49. The molecule has 1 aliphatic rings. The number of rotatable bonds is 4. The van der Waals surface area contributed by atoms with Gasteiger partial charge in [-0.15, -0.1) is 0 Å². The number of aromatic carboxylic acids is 1. The standard InChI is InChI=1S/C19H18N2O5/c1-11-3-6-14(7-4-11)20-18(23)12(2)21-15-9-13(19(24)25)5-8-16(15)26-10-17(21)22/h3-9,12H,10H2,1-2H3,(H,20,23)(H,24,25). The van der Waals surface area contributed by atoms with E-state index in [-0.39, 0.29) is 23.8 Å². The molecule has 0 bridgehead atoms. The number of fused-ring (bicyclic) bond motifs is 1. The predicted octanol–water partition coefficient (Wildman–Crippen LogP) is 2.45. The fourth-order valence-corrected chi connectivity index (χ4v) is 2.73. The lowest BCUT2D eigenvalue weighted by Gasteiger charge is -2.33. The van der Waals surface area contributed by atoms with Crippen molar-refractivity contribution in [2.45, 2.75) is 19.9 Å². The van der Waals surface area contributed by atoms with Crippen LogP contribution in [0, 0.1) is 6.92 Å². The minimum atomic E-state index is -1.12. The van der Waals surface area contributed by atoms with Gasteiger partial charge in [-0.1, -0.05) is 17.7 Å². The SMILES string of the molecule is Cc1ccc(NC(=O)C(C)N2C(=O)COc3ccc(C(=O)O)cc32)cc1. The summed E-state index contributed by atoms with van der Waals surface area (Å²) in [6.07, 6.45) is 0. The number of benzene rings is 2. The van der Waals surface area contributed by atoms with Crippen molar-refractivity contribution in [3.8, 4) is 5.75 Å². The van der Waals surface area contributed by atoms with E-state index in [0.29, 0.717) is 11.4 Å². The zero-order valence-corrected chi connectivity index (χ0v) is 14.4. The van der Waals surface area contributed by atoms with Gasteiger partial charge >= 0.3 is 5.97 Å². The Labute approximate surface area is 150 Å². The van der Waals surface area contributed by atoms with Crippen molar-refractivity contribution in [2.75, 3.05) is 16.8 Å². The van der Waals surface area contributed by atoms with Gasteiger partial charge in [0.15, 0.2) is 6.61 Å².